The van der Waals surface area contributed by atoms with Crippen LogP contribution in [0.2, 0.25) is 0 Å². The minimum atomic E-state index is -1.02. The lowest BCUT2D eigenvalue weighted by Gasteiger charge is -2.09. The molecule has 19 heavy (non-hydrogen) atoms. The van der Waals surface area contributed by atoms with Gasteiger partial charge in [-0.05, 0) is 25.1 Å². The van der Waals surface area contributed by atoms with Crippen molar-refractivity contribution >= 4 is 23.1 Å². The van der Waals surface area contributed by atoms with Crippen molar-refractivity contribution in [1.82, 2.24) is 0 Å². The predicted molar refractivity (Wildman–Crippen MR) is 70.9 cm³/mol. The Bertz CT molecular complexity index is 575. The van der Waals surface area contributed by atoms with E-state index in [1.165, 1.54) is 12.1 Å². The van der Waals surface area contributed by atoms with E-state index in [9.17, 15) is 9.59 Å². The van der Waals surface area contributed by atoms with Crippen LogP contribution in [0.15, 0.2) is 24.0 Å². The number of carbonyl (C=O) groups excluding carboxylic acids is 1. The van der Waals surface area contributed by atoms with Gasteiger partial charge in [0.25, 0.3) is 5.91 Å². The van der Waals surface area contributed by atoms with Crippen LogP contribution in [0.5, 0.6) is 0 Å². The van der Waals surface area contributed by atoms with Crippen LogP contribution in [0.3, 0.4) is 0 Å². The molecule has 1 aromatic rings. The number of rotatable bonds is 4. The number of ether oxygens (including phenoxy) is 1. The molecule has 5 heteroatoms. The molecule has 1 aliphatic heterocycles. The van der Waals surface area contributed by atoms with Crippen LogP contribution in [0.1, 0.15) is 36.2 Å². The monoisotopic (exact) mass is 261 g/mol. The molecule has 5 nitrogen and oxygen atoms in total. The van der Waals surface area contributed by atoms with Gasteiger partial charge in [0.2, 0.25) is 0 Å². The molecule has 0 aliphatic carbocycles. The van der Waals surface area contributed by atoms with Crippen LogP contribution >= 0.6 is 0 Å². The first-order chi connectivity index (χ1) is 9.08. The maximum absolute atomic E-state index is 12.0. The highest BCUT2D eigenvalue weighted by atomic mass is 16.5. The number of anilines is 1. The molecule has 0 saturated carbocycles. The van der Waals surface area contributed by atoms with Gasteiger partial charge in [-0.25, -0.2) is 4.79 Å². The number of hydrogen-bond acceptors (Lipinski definition) is 3. The molecule has 0 spiro atoms. The average Bonchev–Trinajstić information content (AvgIpc) is 2.71. The molecule has 1 aliphatic rings. The molecule has 100 valence electrons. The van der Waals surface area contributed by atoms with Gasteiger partial charge in [0.1, 0.15) is 5.76 Å². The maximum Gasteiger partial charge on any atom is 0.335 e. The van der Waals surface area contributed by atoms with E-state index in [0.29, 0.717) is 35.6 Å². The van der Waals surface area contributed by atoms with Crippen molar-refractivity contribution in [3.63, 3.8) is 0 Å². The second kappa shape index (κ2) is 5.14. The third-order valence-electron chi connectivity index (χ3n) is 2.93. The zero-order valence-corrected chi connectivity index (χ0v) is 10.8. The Morgan fingerprint density at radius 1 is 1.37 bits per heavy atom. The number of hydrogen-bond donors (Lipinski definition) is 2. The number of carboxylic acid groups (broad SMARTS) is 1. The van der Waals surface area contributed by atoms with Crippen molar-refractivity contribution in [2.45, 2.75) is 20.3 Å². The predicted octanol–water partition coefficient (Wildman–Crippen LogP) is 2.49. The summed E-state index contributed by atoms with van der Waals surface area (Å²) in [5.74, 6) is -0.680. The van der Waals surface area contributed by atoms with E-state index in [1.807, 2.05) is 13.8 Å². The summed E-state index contributed by atoms with van der Waals surface area (Å²) in [6, 6.07) is 4.57. The number of aromatic carboxylic acids is 1. The highest BCUT2D eigenvalue weighted by Gasteiger charge is 2.28. The second-order valence-corrected chi connectivity index (χ2v) is 4.10. The number of carbonyl (C=O) groups is 2. The molecule has 2 rings (SSSR count). The Hall–Kier alpha value is -2.30. The molecule has 0 fully saturated rings. The quantitative estimate of drug-likeness (QED) is 0.645. The Balaban J connectivity index is 2.58. The molecule has 0 atom stereocenters. The van der Waals surface area contributed by atoms with Crippen LogP contribution in [-0.4, -0.2) is 23.6 Å². The zero-order valence-electron chi connectivity index (χ0n) is 10.8. The normalized spacial score (nSPS) is 15.8. The van der Waals surface area contributed by atoms with Crippen molar-refractivity contribution in [3.05, 3.63) is 35.1 Å². The van der Waals surface area contributed by atoms with E-state index < -0.39 is 5.97 Å². The fourth-order valence-electron chi connectivity index (χ4n) is 2.10. The maximum atomic E-state index is 12.0. The van der Waals surface area contributed by atoms with Gasteiger partial charge < -0.3 is 15.2 Å². The van der Waals surface area contributed by atoms with Gasteiger partial charge in [-0.3, -0.25) is 4.79 Å². The van der Waals surface area contributed by atoms with E-state index in [2.05, 4.69) is 5.32 Å². The van der Waals surface area contributed by atoms with E-state index in [0.717, 1.165) is 0 Å². The molecule has 0 unspecified atom stereocenters. The van der Waals surface area contributed by atoms with Crippen LogP contribution in [0.25, 0.3) is 5.57 Å². The lowest BCUT2D eigenvalue weighted by Crippen LogP contribution is -2.07. The van der Waals surface area contributed by atoms with Gasteiger partial charge in [-0.1, -0.05) is 6.92 Å². The van der Waals surface area contributed by atoms with Crippen LogP contribution in [-0.2, 0) is 9.53 Å². The van der Waals surface area contributed by atoms with E-state index in [4.69, 9.17) is 9.84 Å². The Labute approximate surface area is 110 Å². The first-order valence-electron chi connectivity index (χ1n) is 6.13. The third-order valence-corrected chi connectivity index (χ3v) is 2.93. The van der Waals surface area contributed by atoms with E-state index in [-0.39, 0.29) is 11.5 Å². The summed E-state index contributed by atoms with van der Waals surface area (Å²) in [5.41, 5.74) is 1.80. The highest BCUT2D eigenvalue weighted by Crippen LogP contribution is 2.35. The number of carboxylic acids is 1. The van der Waals surface area contributed by atoms with E-state index >= 15 is 0 Å². The van der Waals surface area contributed by atoms with Gasteiger partial charge >= 0.3 is 5.97 Å². The van der Waals surface area contributed by atoms with Crippen LogP contribution < -0.4 is 5.32 Å². The van der Waals surface area contributed by atoms with Crippen molar-refractivity contribution in [2.75, 3.05) is 11.9 Å². The average molecular weight is 261 g/mol. The largest absolute Gasteiger partial charge is 0.497 e. The minimum Gasteiger partial charge on any atom is -0.497 e. The fourth-order valence-corrected chi connectivity index (χ4v) is 2.10. The third kappa shape index (κ3) is 2.31. The molecule has 2 N–H and O–H groups in total. The SMILES string of the molecule is CCOC(CC)=C1C(=O)Nc2ccc(C(=O)O)cc21. The summed E-state index contributed by atoms with van der Waals surface area (Å²) in [7, 11) is 0. The highest BCUT2D eigenvalue weighted by molar-refractivity contribution is 6.32. The number of nitrogens with one attached hydrogen (secondary N) is 1. The van der Waals surface area contributed by atoms with Crippen LogP contribution in [0, 0.1) is 0 Å². The van der Waals surface area contributed by atoms with E-state index in [1.54, 1.807) is 6.07 Å². The molecule has 0 saturated heterocycles. The molecule has 1 aromatic carbocycles. The molecule has 0 bridgehead atoms. The van der Waals surface area contributed by atoms with Gasteiger partial charge in [-0.2, -0.15) is 0 Å². The first-order valence-corrected chi connectivity index (χ1v) is 6.13. The van der Waals surface area contributed by atoms with Gasteiger partial charge in [-0.15, -0.1) is 0 Å². The molecule has 1 amide bonds. The standard InChI is InChI=1S/C14H15NO4/c1-3-11(19-4-2)12-9-7-8(14(17)18)5-6-10(9)15-13(12)16/h5-7H,3-4H2,1-2H3,(H,15,16)(H,17,18). The summed E-state index contributed by atoms with van der Waals surface area (Å²) in [5, 5.41) is 11.7. The Kier molecular flexibility index (Phi) is 3.55. The lowest BCUT2D eigenvalue weighted by atomic mass is 10.0. The molecular weight excluding hydrogens is 246 g/mol. The first kappa shape index (κ1) is 13.1. The summed E-state index contributed by atoms with van der Waals surface area (Å²) >= 11 is 0. The molecular formula is C14H15NO4. The van der Waals surface area contributed by atoms with Crippen molar-refractivity contribution in [3.8, 4) is 0 Å². The number of fused-ring (bicyclic) bond motifs is 1. The second-order valence-electron chi connectivity index (χ2n) is 4.10. The zero-order chi connectivity index (χ0) is 14.0. The Morgan fingerprint density at radius 2 is 2.11 bits per heavy atom. The molecule has 0 radical (unpaired) electrons. The summed E-state index contributed by atoms with van der Waals surface area (Å²) < 4.78 is 5.47. The summed E-state index contributed by atoms with van der Waals surface area (Å²) in [6.45, 7) is 4.20. The van der Waals surface area contributed by atoms with Crippen molar-refractivity contribution in [2.24, 2.45) is 0 Å². The molecule has 0 aromatic heterocycles. The number of allylic oxidation sites excluding steroid dienone is 1. The number of amides is 1. The summed E-state index contributed by atoms with van der Waals surface area (Å²) in [4.78, 5) is 23.0. The summed E-state index contributed by atoms with van der Waals surface area (Å²) in [6.07, 6.45) is 0.577. The van der Waals surface area contributed by atoms with Gasteiger partial charge in [0, 0.05) is 17.7 Å². The van der Waals surface area contributed by atoms with Gasteiger partial charge in [0.15, 0.2) is 0 Å². The minimum absolute atomic E-state index is 0.153. The smallest absolute Gasteiger partial charge is 0.335 e. The molecule has 1 heterocycles. The topological polar surface area (TPSA) is 75.6 Å². The van der Waals surface area contributed by atoms with Crippen molar-refractivity contribution < 1.29 is 19.4 Å². The van der Waals surface area contributed by atoms with Crippen LogP contribution in [0.4, 0.5) is 5.69 Å². The lowest BCUT2D eigenvalue weighted by molar-refractivity contribution is -0.111. The fraction of sp³-hybridized carbons (Fsp3) is 0.286. The van der Waals surface area contributed by atoms with Crippen molar-refractivity contribution in [1.29, 1.82) is 0 Å². The Morgan fingerprint density at radius 3 is 2.68 bits per heavy atom. The van der Waals surface area contributed by atoms with Gasteiger partial charge in [0.05, 0.1) is 17.7 Å². The number of benzene rings is 1.